The summed E-state index contributed by atoms with van der Waals surface area (Å²) in [6, 6.07) is 5.93. The first-order chi connectivity index (χ1) is 8.46. The number of fused-ring (bicyclic) bond motifs is 1. The first-order valence-corrected chi connectivity index (χ1v) is 5.23. The topological polar surface area (TPSA) is 54.5 Å². The minimum absolute atomic E-state index is 0.0676. The predicted octanol–water partition coefficient (Wildman–Crippen LogP) is 1.51. The van der Waals surface area contributed by atoms with E-state index >= 15 is 0 Å². The summed E-state index contributed by atoms with van der Waals surface area (Å²) in [5.41, 5.74) is 0.230. The standard InChI is InChI=1S/C12H9F2NO3/c13-12(14,5-6-16)7-15-10(17)8-3-1-2-4-9(8)11(15)18/h1-4,6H,5,7H2. The summed E-state index contributed by atoms with van der Waals surface area (Å²) >= 11 is 0. The van der Waals surface area contributed by atoms with Crippen molar-refractivity contribution in [3.05, 3.63) is 35.4 Å². The lowest BCUT2D eigenvalue weighted by Crippen LogP contribution is -2.40. The number of halogens is 2. The molecule has 2 amide bonds. The maximum atomic E-state index is 13.3. The van der Waals surface area contributed by atoms with Crippen molar-refractivity contribution in [1.82, 2.24) is 4.90 Å². The molecule has 1 aromatic carbocycles. The van der Waals surface area contributed by atoms with Gasteiger partial charge in [0, 0.05) is 0 Å². The molecule has 0 bridgehead atoms. The van der Waals surface area contributed by atoms with E-state index in [2.05, 4.69) is 0 Å². The number of benzene rings is 1. The van der Waals surface area contributed by atoms with Crippen LogP contribution in [0.4, 0.5) is 8.78 Å². The molecule has 1 aliphatic heterocycles. The highest BCUT2D eigenvalue weighted by Gasteiger charge is 2.41. The molecule has 4 nitrogen and oxygen atoms in total. The van der Waals surface area contributed by atoms with Gasteiger partial charge in [-0.05, 0) is 12.1 Å². The quantitative estimate of drug-likeness (QED) is 0.603. The Balaban J connectivity index is 2.26. The number of carbonyl (C=O) groups is 3. The smallest absolute Gasteiger partial charge is 0.272 e. The maximum Gasteiger partial charge on any atom is 0.272 e. The van der Waals surface area contributed by atoms with Gasteiger partial charge in [-0.1, -0.05) is 12.1 Å². The minimum Gasteiger partial charge on any atom is -0.303 e. The third-order valence-corrected chi connectivity index (χ3v) is 2.65. The first kappa shape index (κ1) is 12.3. The van der Waals surface area contributed by atoms with E-state index in [0.29, 0.717) is 4.90 Å². The molecule has 6 heteroatoms. The average Bonchev–Trinajstić information content (AvgIpc) is 2.55. The second-order valence-electron chi connectivity index (χ2n) is 3.97. The van der Waals surface area contributed by atoms with Gasteiger partial charge in [0.25, 0.3) is 17.7 Å². The van der Waals surface area contributed by atoms with Crippen molar-refractivity contribution in [3.63, 3.8) is 0 Å². The molecule has 94 valence electrons. The molecule has 0 atom stereocenters. The Kier molecular flexibility index (Phi) is 2.94. The molecule has 0 saturated heterocycles. The molecule has 0 N–H and O–H groups in total. The van der Waals surface area contributed by atoms with Crippen LogP contribution in [0.15, 0.2) is 24.3 Å². The molecule has 0 unspecified atom stereocenters. The van der Waals surface area contributed by atoms with Crippen molar-refractivity contribution in [1.29, 1.82) is 0 Å². The van der Waals surface area contributed by atoms with Gasteiger partial charge in [0.15, 0.2) is 0 Å². The van der Waals surface area contributed by atoms with E-state index in [1.807, 2.05) is 0 Å². The highest BCUT2D eigenvalue weighted by atomic mass is 19.3. The summed E-state index contributed by atoms with van der Waals surface area (Å²) in [6.07, 6.45) is -0.946. The van der Waals surface area contributed by atoms with Crippen LogP contribution in [0.1, 0.15) is 27.1 Å². The van der Waals surface area contributed by atoms with Gasteiger partial charge in [-0.15, -0.1) is 0 Å². The Morgan fingerprint density at radius 2 is 1.61 bits per heavy atom. The normalized spacial score (nSPS) is 14.9. The van der Waals surface area contributed by atoms with Gasteiger partial charge in [-0.2, -0.15) is 0 Å². The van der Waals surface area contributed by atoms with Gasteiger partial charge in [-0.3, -0.25) is 14.5 Å². The van der Waals surface area contributed by atoms with Crippen LogP contribution in [0.2, 0.25) is 0 Å². The van der Waals surface area contributed by atoms with Crippen molar-refractivity contribution in [3.8, 4) is 0 Å². The second-order valence-corrected chi connectivity index (χ2v) is 3.97. The van der Waals surface area contributed by atoms with E-state index in [1.54, 1.807) is 12.1 Å². The van der Waals surface area contributed by atoms with Crippen LogP contribution in [-0.4, -0.2) is 35.5 Å². The predicted molar refractivity (Wildman–Crippen MR) is 57.4 cm³/mol. The summed E-state index contributed by atoms with van der Waals surface area (Å²) < 4.78 is 26.5. The zero-order valence-corrected chi connectivity index (χ0v) is 9.23. The zero-order chi connectivity index (χ0) is 13.3. The fraction of sp³-hybridized carbons (Fsp3) is 0.250. The first-order valence-electron chi connectivity index (χ1n) is 5.23. The number of hydrogen-bond donors (Lipinski definition) is 0. The number of imide groups is 1. The summed E-state index contributed by atoms with van der Waals surface area (Å²) in [5.74, 6) is -4.89. The van der Waals surface area contributed by atoms with Gasteiger partial charge < -0.3 is 4.79 Å². The molecule has 0 aliphatic carbocycles. The lowest BCUT2D eigenvalue weighted by molar-refractivity contribution is -0.115. The van der Waals surface area contributed by atoms with E-state index in [1.165, 1.54) is 12.1 Å². The second kappa shape index (κ2) is 4.29. The van der Waals surface area contributed by atoms with E-state index in [-0.39, 0.29) is 17.4 Å². The highest BCUT2D eigenvalue weighted by molar-refractivity contribution is 6.21. The van der Waals surface area contributed by atoms with Gasteiger partial charge in [-0.25, -0.2) is 8.78 Å². The van der Waals surface area contributed by atoms with Crippen LogP contribution in [0.3, 0.4) is 0 Å². The van der Waals surface area contributed by atoms with Crippen LogP contribution in [0, 0.1) is 0 Å². The molecule has 1 heterocycles. The Labute approximate surface area is 101 Å². The largest absolute Gasteiger partial charge is 0.303 e. The fourth-order valence-electron chi connectivity index (χ4n) is 1.80. The lowest BCUT2D eigenvalue weighted by atomic mass is 10.1. The fourth-order valence-corrected chi connectivity index (χ4v) is 1.80. The van der Waals surface area contributed by atoms with Crippen molar-refractivity contribution in [2.24, 2.45) is 0 Å². The zero-order valence-electron chi connectivity index (χ0n) is 9.23. The number of rotatable bonds is 4. The molecular weight excluding hydrogens is 244 g/mol. The number of hydrogen-bond acceptors (Lipinski definition) is 3. The molecule has 0 saturated carbocycles. The molecule has 0 spiro atoms. The van der Waals surface area contributed by atoms with Crippen molar-refractivity contribution in [2.45, 2.75) is 12.3 Å². The number of aldehydes is 1. The van der Waals surface area contributed by atoms with E-state index in [9.17, 15) is 23.2 Å². The van der Waals surface area contributed by atoms with E-state index < -0.39 is 30.7 Å². The van der Waals surface area contributed by atoms with Gasteiger partial charge in [0.2, 0.25) is 0 Å². The Hall–Kier alpha value is -2.11. The van der Waals surface area contributed by atoms with Crippen LogP contribution >= 0.6 is 0 Å². The van der Waals surface area contributed by atoms with Crippen molar-refractivity contribution in [2.75, 3.05) is 6.54 Å². The van der Waals surface area contributed by atoms with Crippen molar-refractivity contribution >= 4 is 18.1 Å². The maximum absolute atomic E-state index is 13.3. The van der Waals surface area contributed by atoms with Crippen LogP contribution < -0.4 is 0 Å². The van der Waals surface area contributed by atoms with Gasteiger partial charge in [0.1, 0.15) is 6.29 Å². The number of nitrogens with zero attached hydrogens (tertiary/aromatic N) is 1. The van der Waals surface area contributed by atoms with Crippen LogP contribution in [0.25, 0.3) is 0 Å². The van der Waals surface area contributed by atoms with E-state index in [4.69, 9.17) is 0 Å². The van der Waals surface area contributed by atoms with Gasteiger partial charge in [0.05, 0.1) is 24.1 Å². The van der Waals surface area contributed by atoms with Crippen LogP contribution in [0.5, 0.6) is 0 Å². The summed E-state index contributed by atoms with van der Waals surface area (Å²) in [7, 11) is 0. The van der Waals surface area contributed by atoms with Crippen molar-refractivity contribution < 1.29 is 23.2 Å². The SMILES string of the molecule is O=CCC(F)(F)CN1C(=O)c2ccccc2C1=O. The average molecular weight is 253 g/mol. The Morgan fingerprint density at radius 1 is 1.11 bits per heavy atom. The molecule has 1 aromatic rings. The Morgan fingerprint density at radius 3 is 2.06 bits per heavy atom. The summed E-state index contributed by atoms with van der Waals surface area (Å²) in [4.78, 5) is 34.1. The third-order valence-electron chi connectivity index (χ3n) is 2.65. The molecule has 2 rings (SSSR count). The van der Waals surface area contributed by atoms with Gasteiger partial charge >= 0.3 is 0 Å². The minimum atomic E-state index is -3.39. The number of alkyl halides is 2. The molecular formula is C12H9F2NO3. The monoisotopic (exact) mass is 253 g/mol. The third kappa shape index (κ3) is 2.01. The molecule has 0 fully saturated rings. The molecule has 0 aromatic heterocycles. The number of amides is 2. The summed E-state index contributed by atoms with van der Waals surface area (Å²) in [6.45, 7) is -1.07. The lowest BCUT2D eigenvalue weighted by Gasteiger charge is -2.20. The molecule has 18 heavy (non-hydrogen) atoms. The van der Waals surface area contributed by atoms with Crippen LogP contribution in [-0.2, 0) is 4.79 Å². The molecule has 1 aliphatic rings. The summed E-state index contributed by atoms with van der Waals surface area (Å²) in [5, 5.41) is 0. The molecule has 0 radical (unpaired) electrons. The van der Waals surface area contributed by atoms with E-state index in [0.717, 1.165) is 0 Å². The Bertz CT molecular complexity index is 493. The highest BCUT2D eigenvalue weighted by Crippen LogP contribution is 2.27. The number of carbonyl (C=O) groups excluding carboxylic acids is 3.